The van der Waals surface area contributed by atoms with E-state index in [1.807, 2.05) is 0 Å². The summed E-state index contributed by atoms with van der Waals surface area (Å²) in [5, 5.41) is 18.7. The maximum atomic E-state index is 11.8. The number of nitrogens with zero attached hydrogens (tertiary/aromatic N) is 1. The van der Waals surface area contributed by atoms with Gasteiger partial charge in [-0.2, -0.15) is 5.10 Å². The van der Waals surface area contributed by atoms with Crippen LogP contribution in [0.25, 0.3) is 0 Å². The molecule has 1 amide bonds. The zero-order valence-electron chi connectivity index (χ0n) is 8.94. The first-order valence-corrected chi connectivity index (χ1v) is 5.46. The Morgan fingerprint density at radius 2 is 2.31 bits per heavy atom. The molecule has 0 aromatic carbocycles. The molecule has 16 heavy (non-hydrogen) atoms. The number of carbonyl (C=O) groups excluding carboxylic acids is 1. The molecule has 0 bridgehead atoms. The van der Waals surface area contributed by atoms with Crippen molar-refractivity contribution < 1.29 is 9.90 Å². The first kappa shape index (κ1) is 10.9. The van der Waals surface area contributed by atoms with E-state index >= 15 is 0 Å². The molecular formula is C10H16N4O2. The number of aromatic nitrogens is 2. The van der Waals surface area contributed by atoms with Gasteiger partial charge >= 0.3 is 0 Å². The van der Waals surface area contributed by atoms with Gasteiger partial charge in [0, 0.05) is 0 Å². The van der Waals surface area contributed by atoms with Crippen molar-refractivity contribution in [3.05, 3.63) is 11.8 Å². The Hall–Kier alpha value is -1.56. The van der Waals surface area contributed by atoms with Crippen molar-refractivity contribution >= 4 is 11.7 Å². The van der Waals surface area contributed by atoms with Crippen LogP contribution >= 0.6 is 0 Å². The molecule has 0 radical (unpaired) electrons. The van der Waals surface area contributed by atoms with Gasteiger partial charge in [-0.05, 0) is 12.8 Å². The molecule has 6 heteroatoms. The summed E-state index contributed by atoms with van der Waals surface area (Å²) in [4.78, 5) is 11.8. The van der Waals surface area contributed by atoms with Gasteiger partial charge in [0.25, 0.3) is 5.91 Å². The number of hydrogen-bond acceptors (Lipinski definition) is 4. The van der Waals surface area contributed by atoms with E-state index < -0.39 is 6.10 Å². The van der Waals surface area contributed by atoms with Crippen LogP contribution in [0, 0.1) is 0 Å². The fourth-order valence-corrected chi connectivity index (χ4v) is 2.00. The highest BCUT2D eigenvalue weighted by Gasteiger charge is 2.25. The van der Waals surface area contributed by atoms with Gasteiger partial charge in [0.2, 0.25) is 0 Å². The minimum absolute atomic E-state index is 0.171. The topological polar surface area (TPSA) is 104 Å². The Kier molecular flexibility index (Phi) is 3.09. The monoisotopic (exact) mass is 224 g/mol. The van der Waals surface area contributed by atoms with E-state index in [2.05, 4.69) is 15.5 Å². The fraction of sp³-hybridized carbons (Fsp3) is 0.600. The Morgan fingerprint density at radius 3 is 2.94 bits per heavy atom. The van der Waals surface area contributed by atoms with Crippen LogP contribution in [-0.2, 0) is 0 Å². The normalized spacial score (nSPS) is 25.3. The van der Waals surface area contributed by atoms with E-state index in [1.54, 1.807) is 0 Å². The van der Waals surface area contributed by atoms with E-state index in [9.17, 15) is 9.90 Å². The van der Waals surface area contributed by atoms with Gasteiger partial charge in [0.05, 0.1) is 18.3 Å². The molecule has 2 atom stereocenters. The molecule has 0 aliphatic heterocycles. The Bertz CT molecular complexity index is 377. The lowest BCUT2D eigenvalue weighted by molar-refractivity contribution is 0.0718. The number of hydrogen-bond donors (Lipinski definition) is 4. The van der Waals surface area contributed by atoms with Crippen LogP contribution in [0.2, 0.25) is 0 Å². The zero-order chi connectivity index (χ0) is 11.5. The van der Waals surface area contributed by atoms with Gasteiger partial charge in [0.15, 0.2) is 0 Å². The molecule has 1 saturated carbocycles. The second-order valence-corrected chi connectivity index (χ2v) is 4.13. The summed E-state index contributed by atoms with van der Waals surface area (Å²) in [7, 11) is 0. The van der Waals surface area contributed by atoms with Crippen molar-refractivity contribution in [2.75, 3.05) is 5.73 Å². The van der Waals surface area contributed by atoms with Crippen LogP contribution in [0.3, 0.4) is 0 Å². The summed E-state index contributed by atoms with van der Waals surface area (Å²) in [6.07, 6.45) is 4.53. The smallest absolute Gasteiger partial charge is 0.256 e. The van der Waals surface area contributed by atoms with Gasteiger partial charge in [-0.1, -0.05) is 12.8 Å². The summed E-state index contributed by atoms with van der Waals surface area (Å²) >= 11 is 0. The number of amides is 1. The van der Waals surface area contributed by atoms with Crippen LogP contribution in [-0.4, -0.2) is 33.4 Å². The fourth-order valence-electron chi connectivity index (χ4n) is 2.00. The second-order valence-electron chi connectivity index (χ2n) is 4.13. The van der Waals surface area contributed by atoms with Gasteiger partial charge < -0.3 is 16.2 Å². The largest absolute Gasteiger partial charge is 0.391 e. The van der Waals surface area contributed by atoms with Crippen molar-refractivity contribution in [2.45, 2.75) is 37.8 Å². The van der Waals surface area contributed by atoms with E-state index in [0.29, 0.717) is 5.56 Å². The lowest BCUT2D eigenvalue weighted by Crippen LogP contribution is -2.45. The highest BCUT2D eigenvalue weighted by atomic mass is 16.3. The summed E-state index contributed by atoms with van der Waals surface area (Å²) < 4.78 is 0. The maximum absolute atomic E-state index is 11.8. The lowest BCUT2D eigenvalue weighted by atomic mass is 9.92. The predicted molar refractivity (Wildman–Crippen MR) is 58.7 cm³/mol. The number of aliphatic hydroxyl groups excluding tert-OH is 1. The summed E-state index contributed by atoms with van der Waals surface area (Å²) in [6.45, 7) is 0. The number of nitrogen functional groups attached to an aromatic ring is 1. The van der Waals surface area contributed by atoms with Gasteiger partial charge in [-0.25, -0.2) is 0 Å². The molecular weight excluding hydrogens is 208 g/mol. The molecule has 5 N–H and O–H groups in total. The third kappa shape index (κ3) is 2.16. The van der Waals surface area contributed by atoms with Crippen molar-refractivity contribution in [3.8, 4) is 0 Å². The summed E-state index contributed by atoms with van der Waals surface area (Å²) in [5.74, 6) is -0.0278. The molecule has 1 aliphatic rings. The Morgan fingerprint density at radius 1 is 1.56 bits per heavy atom. The van der Waals surface area contributed by atoms with Gasteiger partial charge in [0.1, 0.15) is 11.4 Å². The molecule has 1 aromatic heterocycles. The average molecular weight is 224 g/mol. The lowest BCUT2D eigenvalue weighted by Gasteiger charge is -2.28. The van der Waals surface area contributed by atoms with E-state index in [1.165, 1.54) is 6.20 Å². The van der Waals surface area contributed by atoms with Gasteiger partial charge in [-0.15, -0.1) is 0 Å². The second kappa shape index (κ2) is 4.52. The number of carbonyl (C=O) groups is 1. The standard InChI is InChI=1S/C10H16N4O2/c11-9-6(5-12-14-9)10(16)13-7-3-1-2-4-8(7)15/h5,7-8,15H,1-4H2,(H,13,16)(H3,11,12,14). The molecule has 1 aromatic rings. The van der Waals surface area contributed by atoms with Crippen LogP contribution in [0.1, 0.15) is 36.0 Å². The minimum Gasteiger partial charge on any atom is -0.391 e. The molecule has 6 nitrogen and oxygen atoms in total. The molecule has 2 unspecified atom stereocenters. The van der Waals surface area contributed by atoms with Crippen molar-refractivity contribution in [3.63, 3.8) is 0 Å². The highest BCUT2D eigenvalue weighted by molar-refractivity contribution is 5.98. The van der Waals surface area contributed by atoms with E-state index in [4.69, 9.17) is 5.73 Å². The quantitative estimate of drug-likeness (QED) is 0.568. The van der Waals surface area contributed by atoms with Crippen LogP contribution in [0.15, 0.2) is 6.20 Å². The number of nitrogens with two attached hydrogens (primary N) is 1. The third-order valence-electron chi connectivity index (χ3n) is 2.96. The van der Waals surface area contributed by atoms with Crippen molar-refractivity contribution in [1.82, 2.24) is 15.5 Å². The molecule has 88 valence electrons. The molecule has 2 rings (SSSR count). The molecule has 0 spiro atoms. The number of anilines is 1. The molecule has 0 saturated heterocycles. The number of aromatic amines is 1. The predicted octanol–water partition coefficient (Wildman–Crippen LogP) is 0.0252. The maximum Gasteiger partial charge on any atom is 0.256 e. The minimum atomic E-state index is -0.453. The Labute approximate surface area is 93.2 Å². The zero-order valence-corrected chi connectivity index (χ0v) is 8.94. The molecule has 1 fully saturated rings. The highest BCUT2D eigenvalue weighted by Crippen LogP contribution is 2.19. The third-order valence-corrected chi connectivity index (χ3v) is 2.96. The van der Waals surface area contributed by atoms with E-state index in [0.717, 1.165) is 25.7 Å². The summed E-state index contributed by atoms with van der Waals surface area (Å²) in [6, 6.07) is -0.171. The van der Waals surface area contributed by atoms with Crippen LogP contribution in [0.5, 0.6) is 0 Å². The van der Waals surface area contributed by atoms with Crippen molar-refractivity contribution in [1.29, 1.82) is 0 Å². The van der Waals surface area contributed by atoms with Crippen molar-refractivity contribution in [2.24, 2.45) is 0 Å². The number of rotatable bonds is 2. The molecule has 1 aliphatic carbocycles. The first-order valence-electron chi connectivity index (χ1n) is 5.46. The molecule has 1 heterocycles. The average Bonchev–Trinajstić information content (AvgIpc) is 2.68. The van der Waals surface area contributed by atoms with E-state index in [-0.39, 0.29) is 17.8 Å². The van der Waals surface area contributed by atoms with Crippen LogP contribution < -0.4 is 11.1 Å². The Balaban J connectivity index is 1.99. The number of nitrogens with one attached hydrogen (secondary N) is 2. The SMILES string of the molecule is Nc1[nH]ncc1C(=O)NC1CCCCC1O. The summed E-state index contributed by atoms with van der Waals surface area (Å²) in [5.41, 5.74) is 5.87. The first-order chi connectivity index (χ1) is 7.68. The van der Waals surface area contributed by atoms with Crippen LogP contribution in [0.4, 0.5) is 5.82 Å². The number of aliphatic hydroxyl groups is 1. The number of H-pyrrole nitrogens is 1. The van der Waals surface area contributed by atoms with Gasteiger partial charge in [-0.3, -0.25) is 9.89 Å².